The fourth-order valence-electron chi connectivity index (χ4n) is 1.85. The standard InChI is InChI=1S/C15H21N3O6S/c1-3-25(23,24)18(2)10-14(20)17-12-6-4-11(5-7-12)8-13(19)16-9-15(21)22/h4-7H,3,8-10H2,1-2H3,(H,16,19)(H,17,20)(H,21,22). The van der Waals surface area contributed by atoms with Gasteiger partial charge in [-0.05, 0) is 24.6 Å². The minimum atomic E-state index is -3.43. The van der Waals surface area contributed by atoms with Crippen molar-refractivity contribution >= 4 is 33.5 Å². The quantitative estimate of drug-likeness (QED) is 0.543. The van der Waals surface area contributed by atoms with Gasteiger partial charge in [0.15, 0.2) is 0 Å². The fourth-order valence-corrected chi connectivity index (χ4v) is 2.60. The van der Waals surface area contributed by atoms with Gasteiger partial charge in [0.2, 0.25) is 21.8 Å². The summed E-state index contributed by atoms with van der Waals surface area (Å²) < 4.78 is 24.2. The van der Waals surface area contributed by atoms with E-state index in [9.17, 15) is 22.8 Å². The molecule has 0 radical (unpaired) electrons. The molecule has 0 bridgehead atoms. The van der Waals surface area contributed by atoms with E-state index in [2.05, 4.69) is 10.6 Å². The number of carbonyl (C=O) groups is 3. The van der Waals surface area contributed by atoms with Crippen molar-refractivity contribution < 1.29 is 27.9 Å². The van der Waals surface area contributed by atoms with Gasteiger partial charge in [-0.25, -0.2) is 8.42 Å². The van der Waals surface area contributed by atoms with Crippen LogP contribution in [-0.2, 0) is 30.8 Å². The Balaban J connectivity index is 2.55. The summed E-state index contributed by atoms with van der Waals surface area (Å²) in [6.45, 7) is 0.756. The van der Waals surface area contributed by atoms with Gasteiger partial charge >= 0.3 is 5.97 Å². The number of amides is 2. The lowest BCUT2D eigenvalue weighted by atomic mass is 10.1. The molecular weight excluding hydrogens is 350 g/mol. The Morgan fingerprint density at radius 2 is 1.72 bits per heavy atom. The number of carboxylic acid groups (broad SMARTS) is 1. The second kappa shape index (κ2) is 9.14. The molecule has 0 unspecified atom stereocenters. The predicted molar refractivity (Wildman–Crippen MR) is 91.5 cm³/mol. The van der Waals surface area contributed by atoms with Crippen LogP contribution in [0.15, 0.2) is 24.3 Å². The molecule has 0 aliphatic rings. The molecule has 3 N–H and O–H groups in total. The first-order valence-electron chi connectivity index (χ1n) is 7.45. The van der Waals surface area contributed by atoms with Gasteiger partial charge in [0, 0.05) is 12.7 Å². The zero-order chi connectivity index (χ0) is 19.0. The minimum Gasteiger partial charge on any atom is -0.480 e. The van der Waals surface area contributed by atoms with Crippen molar-refractivity contribution in [2.45, 2.75) is 13.3 Å². The number of likely N-dealkylation sites (N-methyl/N-ethyl adjacent to an activating group) is 1. The van der Waals surface area contributed by atoms with Crippen LogP contribution in [-0.4, -0.2) is 61.5 Å². The van der Waals surface area contributed by atoms with Gasteiger partial charge in [-0.2, -0.15) is 4.31 Å². The molecule has 9 nitrogen and oxygen atoms in total. The number of aliphatic carboxylic acids is 1. The number of carboxylic acids is 1. The Hall–Kier alpha value is -2.46. The molecule has 0 saturated heterocycles. The SMILES string of the molecule is CCS(=O)(=O)N(C)CC(=O)Nc1ccc(CC(=O)NCC(=O)O)cc1. The fraction of sp³-hybridized carbons (Fsp3) is 0.400. The second-order valence-corrected chi connectivity index (χ2v) is 7.61. The third kappa shape index (κ3) is 7.31. The van der Waals surface area contributed by atoms with Crippen LogP contribution >= 0.6 is 0 Å². The summed E-state index contributed by atoms with van der Waals surface area (Å²) in [5.74, 6) is -2.12. The predicted octanol–water partition coefficient (Wildman–Crippen LogP) is -0.350. The first-order chi connectivity index (χ1) is 11.6. The summed E-state index contributed by atoms with van der Waals surface area (Å²) in [6, 6.07) is 6.38. The monoisotopic (exact) mass is 371 g/mol. The van der Waals surface area contributed by atoms with Crippen LogP contribution in [0.3, 0.4) is 0 Å². The van der Waals surface area contributed by atoms with Crippen molar-refractivity contribution in [3.8, 4) is 0 Å². The van der Waals surface area contributed by atoms with Gasteiger partial charge in [0.05, 0.1) is 18.7 Å². The second-order valence-electron chi connectivity index (χ2n) is 5.25. The van der Waals surface area contributed by atoms with Gasteiger partial charge in [0.1, 0.15) is 6.54 Å². The van der Waals surface area contributed by atoms with Crippen LogP contribution in [0.25, 0.3) is 0 Å². The van der Waals surface area contributed by atoms with Crippen LogP contribution in [0.4, 0.5) is 5.69 Å². The first-order valence-corrected chi connectivity index (χ1v) is 9.06. The number of nitrogens with one attached hydrogen (secondary N) is 2. The smallest absolute Gasteiger partial charge is 0.322 e. The topological polar surface area (TPSA) is 133 Å². The summed E-state index contributed by atoms with van der Waals surface area (Å²) >= 11 is 0. The molecule has 1 rings (SSSR count). The number of carbonyl (C=O) groups excluding carboxylic acids is 2. The molecule has 2 amide bonds. The van der Waals surface area contributed by atoms with Crippen molar-refractivity contribution in [3.05, 3.63) is 29.8 Å². The number of nitrogens with zero attached hydrogens (tertiary/aromatic N) is 1. The molecule has 1 aromatic rings. The maximum atomic E-state index is 11.9. The van der Waals surface area contributed by atoms with E-state index in [0.717, 1.165) is 4.31 Å². The van der Waals surface area contributed by atoms with Crippen LogP contribution < -0.4 is 10.6 Å². The highest BCUT2D eigenvalue weighted by atomic mass is 32.2. The first kappa shape index (κ1) is 20.6. The zero-order valence-electron chi connectivity index (χ0n) is 14.0. The normalized spacial score (nSPS) is 11.2. The molecular formula is C15H21N3O6S. The molecule has 0 spiro atoms. The number of hydrogen-bond acceptors (Lipinski definition) is 5. The van der Waals surface area contributed by atoms with Crippen LogP contribution in [0.1, 0.15) is 12.5 Å². The van der Waals surface area contributed by atoms with Crippen LogP contribution in [0.2, 0.25) is 0 Å². The van der Waals surface area contributed by atoms with E-state index in [4.69, 9.17) is 5.11 Å². The number of rotatable bonds is 9. The summed E-state index contributed by atoms with van der Waals surface area (Å²) in [6.07, 6.45) is 0.0129. The third-order valence-electron chi connectivity index (χ3n) is 3.25. The molecule has 0 aliphatic carbocycles. The van der Waals surface area contributed by atoms with E-state index in [0.29, 0.717) is 11.3 Å². The lowest BCUT2D eigenvalue weighted by Crippen LogP contribution is -2.35. The van der Waals surface area contributed by atoms with Gasteiger partial charge in [0.25, 0.3) is 0 Å². The van der Waals surface area contributed by atoms with Crippen LogP contribution in [0, 0.1) is 0 Å². The lowest BCUT2D eigenvalue weighted by Gasteiger charge is -2.15. The number of benzene rings is 1. The van der Waals surface area contributed by atoms with E-state index in [1.807, 2.05) is 0 Å². The maximum Gasteiger partial charge on any atom is 0.322 e. The van der Waals surface area contributed by atoms with Crippen molar-refractivity contribution in [2.24, 2.45) is 0 Å². The zero-order valence-corrected chi connectivity index (χ0v) is 14.8. The van der Waals surface area contributed by atoms with Crippen molar-refractivity contribution in [2.75, 3.05) is 31.2 Å². The molecule has 10 heteroatoms. The van der Waals surface area contributed by atoms with Crippen molar-refractivity contribution in [3.63, 3.8) is 0 Å². The average molecular weight is 371 g/mol. The Kier molecular flexibility index (Phi) is 7.52. The van der Waals surface area contributed by atoms with Gasteiger partial charge in [-0.1, -0.05) is 12.1 Å². The number of sulfonamides is 1. The van der Waals surface area contributed by atoms with E-state index in [1.54, 1.807) is 24.3 Å². The Labute approximate surface area is 146 Å². The maximum absolute atomic E-state index is 11.9. The number of hydrogen-bond donors (Lipinski definition) is 3. The van der Waals surface area contributed by atoms with Crippen LogP contribution in [0.5, 0.6) is 0 Å². The molecule has 0 fully saturated rings. The van der Waals surface area contributed by atoms with E-state index in [1.165, 1.54) is 14.0 Å². The summed E-state index contributed by atoms with van der Waals surface area (Å²) in [5.41, 5.74) is 1.11. The van der Waals surface area contributed by atoms with Gasteiger partial charge in [-0.3, -0.25) is 14.4 Å². The summed E-state index contributed by atoms with van der Waals surface area (Å²) in [7, 11) is -2.10. The molecule has 1 aromatic carbocycles. The summed E-state index contributed by atoms with van der Waals surface area (Å²) in [5, 5.41) is 13.3. The highest BCUT2D eigenvalue weighted by Crippen LogP contribution is 2.10. The molecule has 0 atom stereocenters. The Morgan fingerprint density at radius 3 is 2.24 bits per heavy atom. The lowest BCUT2D eigenvalue weighted by molar-refractivity contribution is -0.137. The third-order valence-corrected chi connectivity index (χ3v) is 5.05. The van der Waals surface area contributed by atoms with Gasteiger partial charge in [-0.15, -0.1) is 0 Å². The van der Waals surface area contributed by atoms with E-state index < -0.39 is 34.4 Å². The minimum absolute atomic E-state index is 0.0129. The average Bonchev–Trinajstić information content (AvgIpc) is 2.54. The highest BCUT2D eigenvalue weighted by Gasteiger charge is 2.18. The largest absolute Gasteiger partial charge is 0.480 e. The molecule has 0 saturated carbocycles. The van der Waals surface area contributed by atoms with Crippen molar-refractivity contribution in [1.29, 1.82) is 0 Å². The van der Waals surface area contributed by atoms with E-state index >= 15 is 0 Å². The van der Waals surface area contributed by atoms with E-state index in [-0.39, 0.29) is 18.7 Å². The molecule has 0 heterocycles. The summed E-state index contributed by atoms with van der Waals surface area (Å²) in [4.78, 5) is 33.7. The van der Waals surface area contributed by atoms with Crippen molar-refractivity contribution in [1.82, 2.24) is 9.62 Å². The number of anilines is 1. The molecule has 138 valence electrons. The molecule has 0 aromatic heterocycles. The highest BCUT2D eigenvalue weighted by molar-refractivity contribution is 7.89. The van der Waals surface area contributed by atoms with Gasteiger partial charge < -0.3 is 15.7 Å². The Morgan fingerprint density at radius 1 is 1.12 bits per heavy atom. The Bertz CT molecular complexity index is 730. The molecule has 25 heavy (non-hydrogen) atoms. The molecule has 0 aliphatic heterocycles.